The monoisotopic (exact) mass is 318 g/mol. The molecule has 0 saturated carbocycles. The molecular formula is C16H17BrNO+. The lowest BCUT2D eigenvalue weighted by Crippen LogP contribution is -2.45. The van der Waals surface area contributed by atoms with Crippen LogP contribution in [0.15, 0.2) is 47.1 Å². The van der Waals surface area contributed by atoms with E-state index in [9.17, 15) is 4.79 Å². The zero-order chi connectivity index (χ0) is 14.0. The first-order chi connectivity index (χ1) is 9.00. The second-order valence-corrected chi connectivity index (χ2v) is 5.65. The topological polar surface area (TPSA) is 20.9 Å². The number of carbonyl (C=O) groups excluding carboxylic acids is 1. The van der Waals surface area contributed by atoms with Gasteiger partial charge in [0.1, 0.15) is 0 Å². The number of aromatic nitrogens is 1. The first-order valence-corrected chi connectivity index (χ1v) is 7.07. The summed E-state index contributed by atoms with van der Waals surface area (Å²) >= 11 is 3.38. The predicted molar refractivity (Wildman–Crippen MR) is 79.3 cm³/mol. The number of ketones is 1. The normalized spacial score (nSPS) is 12.2. The molecule has 0 aliphatic carbocycles. The van der Waals surface area contributed by atoms with Gasteiger partial charge >= 0.3 is 0 Å². The molecule has 2 rings (SSSR count). The summed E-state index contributed by atoms with van der Waals surface area (Å²) in [6, 6.07) is 11.3. The molecule has 98 valence electrons. The van der Waals surface area contributed by atoms with E-state index in [0.717, 1.165) is 15.7 Å². The molecule has 0 spiro atoms. The SMILES string of the molecule is Cc1ccc[n+]([C@H](C)C(=O)c2ccc(Br)cc2)c1C. The molecule has 0 amide bonds. The Kier molecular flexibility index (Phi) is 4.15. The molecule has 1 atom stereocenters. The standard InChI is InChI=1S/C16H17BrNO/c1-11-5-4-10-18(12(11)2)13(3)16(19)14-6-8-15(17)9-7-14/h4-10,13H,1-3H3/q+1/t13-/m1/s1. The summed E-state index contributed by atoms with van der Waals surface area (Å²) in [7, 11) is 0. The number of hydrogen-bond donors (Lipinski definition) is 0. The van der Waals surface area contributed by atoms with Crippen LogP contribution in [0.5, 0.6) is 0 Å². The minimum Gasteiger partial charge on any atom is -0.287 e. The van der Waals surface area contributed by atoms with E-state index in [2.05, 4.69) is 28.9 Å². The minimum absolute atomic E-state index is 0.131. The number of rotatable bonds is 3. The summed E-state index contributed by atoms with van der Waals surface area (Å²) in [5, 5.41) is 0. The number of aryl methyl sites for hydroxylation is 1. The Morgan fingerprint density at radius 1 is 1.16 bits per heavy atom. The molecule has 1 aromatic heterocycles. The number of nitrogens with zero attached hydrogens (tertiary/aromatic N) is 1. The van der Waals surface area contributed by atoms with Crippen LogP contribution in [0, 0.1) is 13.8 Å². The third kappa shape index (κ3) is 2.92. The van der Waals surface area contributed by atoms with Gasteiger partial charge in [-0.2, -0.15) is 4.57 Å². The molecule has 3 heteroatoms. The van der Waals surface area contributed by atoms with Crippen LogP contribution < -0.4 is 4.57 Å². The molecule has 0 bridgehead atoms. The number of halogens is 1. The van der Waals surface area contributed by atoms with E-state index in [1.807, 2.05) is 54.9 Å². The molecule has 0 aliphatic rings. The molecule has 0 saturated heterocycles. The summed E-state index contributed by atoms with van der Waals surface area (Å²) in [6.07, 6.45) is 1.96. The molecule has 1 heterocycles. The van der Waals surface area contributed by atoms with Crippen molar-refractivity contribution in [3.63, 3.8) is 0 Å². The summed E-state index contributed by atoms with van der Waals surface area (Å²) in [6.45, 7) is 6.04. The second-order valence-electron chi connectivity index (χ2n) is 4.73. The van der Waals surface area contributed by atoms with Crippen LogP contribution >= 0.6 is 15.9 Å². The van der Waals surface area contributed by atoms with E-state index < -0.39 is 0 Å². The first-order valence-electron chi connectivity index (χ1n) is 6.28. The highest BCUT2D eigenvalue weighted by Gasteiger charge is 2.25. The molecule has 2 aromatic rings. The maximum absolute atomic E-state index is 12.5. The van der Waals surface area contributed by atoms with Crippen molar-refractivity contribution in [1.29, 1.82) is 0 Å². The molecular weight excluding hydrogens is 302 g/mol. The van der Waals surface area contributed by atoms with E-state index in [1.165, 1.54) is 5.56 Å². The van der Waals surface area contributed by atoms with Gasteiger partial charge in [-0.05, 0) is 25.1 Å². The van der Waals surface area contributed by atoms with Crippen LogP contribution in [0.1, 0.15) is 34.6 Å². The summed E-state index contributed by atoms with van der Waals surface area (Å²) in [4.78, 5) is 12.5. The fraction of sp³-hybridized carbons (Fsp3) is 0.250. The number of Topliss-reactive ketones (excluding diaryl/α,β-unsaturated/α-hetero) is 1. The fourth-order valence-corrected chi connectivity index (χ4v) is 2.38. The number of carbonyl (C=O) groups is 1. The lowest BCUT2D eigenvalue weighted by molar-refractivity contribution is -0.710. The van der Waals surface area contributed by atoms with Gasteiger partial charge in [0.15, 0.2) is 11.9 Å². The van der Waals surface area contributed by atoms with Crippen molar-refractivity contribution >= 4 is 21.7 Å². The minimum atomic E-state index is -0.193. The Hall–Kier alpha value is -1.48. The lowest BCUT2D eigenvalue weighted by atomic mass is 10.0. The van der Waals surface area contributed by atoms with Gasteiger partial charge < -0.3 is 0 Å². The van der Waals surface area contributed by atoms with Crippen molar-refractivity contribution in [3.05, 3.63) is 63.9 Å². The van der Waals surface area contributed by atoms with E-state index in [-0.39, 0.29) is 11.8 Å². The third-order valence-corrected chi connectivity index (χ3v) is 4.00. The molecule has 0 unspecified atom stereocenters. The van der Waals surface area contributed by atoms with Crippen molar-refractivity contribution in [2.75, 3.05) is 0 Å². The number of benzene rings is 1. The Morgan fingerprint density at radius 3 is 2.42 bits per heavy atom. The maximum Gasteiger partial charge on any atom is 0.230 e. The Labute approximate surface area is 122 Å². The molecule has 0 aliphatic heterocycles. The van der Waals surface area contributed by atoms with Crippen LogP contribution in [-0.2, 0) is 0 Å². The van der Waals surface area contributed by atoms with Crippen LogP contribution in [0.3, 0.4) is 0 Å². The average molecular weight is 319 g/mol. The highest BCUT2D eigenvalue weighted by atomic mass is 79.9. The summed E-state index contributed by atoms with van der Waals surface area (Å²) < 4.78 is 3.01. The van der Waals surface area contributed by atoms with E-state index in [1.54, 1.807) is 0 Å². The smallest absolute Gasteiger partial charge is 0.230 e. The number of hydrogen-bond acceptors (Lipinski definition) is 1. The van der Waals surface area contributed by atoms with Gasteiger partial charge in [-0.3, -0.25) is 4.79 Å². The van der Waals surface area contributed by atoms with Gasteiger partial charge in [0.25, 0.3) is 0 Å². The zero-order valence-electron chi connectivity index (χ0n) is 11.4. The van der Waals surface area contributed by atoms with E-state index >= 15 is 0 Å². The van der Waals surface area contributed by atoms with Crippen LogP contribution in [0.2, 0.25) is 0 Å². The highest BCUT2D eigenvalue weighted by Crippen LogP contribution is 2.15. The largest absolute Gasteiger partial charge is 0.287 e. The highest BCUT2D eigenvalue weighted by molar-refractivity contribution is 9.10. The van der Waals surface area contributed by atoms with Gasteiger partial charge in [0, 0.05) is 35.5 Å². The van der Waals surface area contributed by atoms with Gasteiger partial charge in [-0.25, -0.2) is 0 Å². The third-order valence-electron chi connectivity index (χ3n) is 3.48. The molecule has 0 fully saturated rings. The quantitative estimate of drug-likeness (QED) is 0.623. The maximum atomic E-state index is 12.5. The molecule has 1 aromatic carbocycles. The van der Waals surface area contributed by atoms with Crippen molar-refractivity contribution in [1.82, 2.24) is 0 Å². The van der Waals surface area contributed by atoms with Crippen molar-refractivity contribution in [2.45, 2.75) is 26.8 Å². The fourth-order valence-electron chi connectivity index (χ4n) is 2.12. The molecule has 2 nitrogen and oxygen atoms in total. The second kappa shape index (κ2) is 5.66. The summed E-state index contributed by atoms with van der Waals surface area (Å²) in [5.41, 5.74) is 3.06. The predicted octanol–water partition coefficient (Wildman–Crippen LogP) is 3.80. The van der Waals surface area contributed by atoms with E-state index in [0.29, 0.717) is 0 Å². The molecule has 19 heavy (non-hydrogen) atoms. The van der Waals surface area contributed by atoms with Crippen molar-refractivity contribution in [2.24, 2.45) is 0 Å². The van der Waals surface area contributed by atoms with Crippen LogP contribution in [0.25, 0.3) is 0 Å². The van der Waals surface area contributed by atoms with Gasteiger partial charge in [-0.15, -0.1) is 0 Å². The molecule has 0 radical (unpaired) electrons. The lowest BCUT2D eigenvalue weighted by Gasteiger charge is -2.10. The van der Waals surface area contributed by atoms with Gasteiger partial charge in [0.05, 0.1) is 0 Å². The Morgan fingerprint density at radius 2 is 1.79 bits per heavy atom. The van der Waals surface area contributed by atoms with E-state index in [4.69, 9.17) is 0 Å². The van der Waals surface area contributed by atoms with Crippen LogP contribution in [0.4, 0.5) is 0 Å². The van der Waals surface area contributed by atoms with Crippen LogP contribution in [-0.4, -0.2) is 5.78 Å². The molecule has 0 N–H and O–H groups in total. The number of pyridine rings is 1. The first kappa shape index (κ1) is 13.9. The Balaban J connectivity index is 2.33. The van der Waals surface area contributed by atoms with Crippen molar-refractivity contribution in [3.8, 4) is 0 Å². The van der Waals surface area contributed by atoms with Crippen molar-refractivity contribution < 1.29 is 9.36 Å². The summed E-state index contributed by atoms with van der Waals surface area (Å²) in [5.74, 6) is 0.131. The zero-order valence-corrected chi connectivity index (χ0v) is 12.9. The average Bonchev–Trinajstić information content (AvgIpc) is 2.41. The Bertz CT molecular complexity index is 605. The van der Waals surface area contributed by atoms with Gasteiger partial charge in [0.2, 0.25) is 11.8 Å². The van der Waals surface area contributed by atoms with Gasteiger partial charge in [-0.1, -0.05) is 28.1 Å².